The van der Waals surface area contributed by atoms with E-state index in [1.807, 2.05) is 29.2 Å². The second-order valence-electron chi connectivity index (χ2n) is 14.5. The zero-order valence-electron chi connectivity index (χ0n) is 30.1. The lowest BCUT2D eigenvalue weighted by Gasteiger charge is -2.36. The first-order valence-electron chi connectivity index (χ1n) is 18.8. The van der Waals surface area contributed by atoms with Gasteiger partial charge in [0.1, 0.15) is 17.9 Å². The van der Waals surface area contributed by atoms with Gasteiger partial charge in [0, 0.05) is 63.5 Å². The number of hydrogen-bond acceptors (Lipinski definition) is 9. The topological polar surface area (TPSA) is 122 Å². The number of rotatable bonds is 11. The number of unbranched alkanes of at least 4 members (excludes halogenated alkanes) is 2. The van der Waals surface area contributed by atoms with Crippen molar-refractivity contribution in [2.45, 2.75) is 69.6 Å². The Bertz CT molecular complexity index is 1900. The summed E-state index contributed by atoms with van der Waals surface area (Å²) in [7, 11) is 0. The normalized spacial score (nSPS) is 19.9. The Labute approximate surface area is 312 Å². The average molecular weight is 744 g/mol. The maximum Gasteiger partial charge on any atom is 0.419 e. The van der Waals surface area contributed by atoms with Crippen LogP contribution in [0.4, 0.5) is 24.5 Å². The fourth-order valence-electron chi connectivity index (χ4n) is 8.03. The number of piperidine rings is 2. The fourth-order valence-corrected chi connectivity index (χ4v) is 8.03. The number of amides is 3. The fraction of sp³-hybridized carbons (Fsp3) is 0.475. The lowest BCUT2D eigenvalue weighted by molar-refractivity contribution is -0.138. The number of aromatic nitrogens is 1. The Hall–Kier alpha value is -5.16. The monoisotopic (exact) mass is 743 g/mol. The van der Waals surface area contributed by atoms with Crippen LogP contribution in [0.5, 0.6) is 5.75 Å². The summed E-state index contributed by atoms with van der Waals surface area (Å²) in [5, 5.41) is 11.4. The molecule has 1 N–H and O–H groups in total. The predicted molar refractivity (Wildman–Crippen MR) is 195 cm³/mol. The molecule has 4 aliphatic heterocycles. The first kappa shape index (κ1) is 37.2. The van der Waals surface area contributed by atoms with Gasteiger partial charge in [-0.1, -0.05) is 12.1 Å². The minimum absolute atomic E-state index is 0.151. The van der Waals surface area contributed by atoms with Crippen LogP contribution in [-0.4, -0.2) is 91.0 Å². The van der Waals surface area contributed by atoms with Crippen LogP contribution < -0.4 is 19.9 Å². The molecule has 1 unspecified atom stereocenters. The molecule has 0 bridgehead atoms. The van der Waals surface area contributed by atoms with Gasteiger partial charge in [0.05, 0.1) is 24.1 Å². The molecule has 0 aliphatic carbocycles. The number of nitrogens with one attached hydrogen (secondary N) is 1. The summed E-state index contributed by atoms with van der Waals surface area (Å²) in [5.74, 6) is 0.303. The van der Waals surface area contributed by atoms with Crippen LogP contribution in [0.3, 0.4) is 0 Å². The Morgan fingerprint density at radius 2 is 1.61 bits per heavy atom. The van der Waals surface area contributed by atoms with Gasteiger partial charge < -0.3 is 19.4 Å². The third kappa shape index (κ3) is 8.31. The van der Waals surface area contributed by atoms with Gasteiger partial charge >= 0.3 is 6.18 Å². The lowest BCUT2D eigenvalue weighted by Crippen LogP contribution is -2.52. The van der Waals surface area contributed by atoms with Crippen molar-refractivity contribution in [2.75, 3.05) is 62.2 Å². The number of ether oxygens (including phenoxy) is 1. The molecule has 0 saturated carbocycles. The summed E-state index contributed by atoms with van der Waals surface area (Å²) in [6.07, 6.45) is 2.06. The van der Waals surface area contributed by atoms with Gasteiger partial charge in [0.15, 0.2) is 5.69 Å². The van der Waals surface area contributed by atoms with Crippen molar-refractivity contribution >= 4 is 29.1 Å². The van der Waals surface area contributed by atoms with Crippen molar-refractivity contribution in [3.05, 3.63) is 82.7 Å². The van der Waals surface area contributed by atoms with E-state index in [1.54, 1.807) is 4.90 Å². The summed E-state index contributed by atoms with van der Waals surface area (Å²) < 4.78 is 46.2. The molecule has 5 heterocycles. The minimum atomic E-state index is -4.63. The molecule has 14 heteroatoms. The van der Waals surface area contributed by atoms with Crippen LogP contribution in [-0.2, 0) is 22.3 Å². The van der Waals surface area contributed by atoms with Crippen molar-refractivity contribution in [3.8, 4) is 11.8 Å². The molecule has 0 radical (unpaired) electrons. The number of benzene rings is 2. The van der Waals surface area contributed by atoms with Crippen LogP contribution in [0, 0.1) is 11.3 Å². The van der Waals surface area contributed by atoms with Gasteiger partial charge in [-0.15, -0.1) is 0 Å². The van der Waals surface area contributed by atoms with Crippen molar-refractivity contribution in [3.63, 3.8) is 0 Å². The number of nitriles is 1. The molecular formula is C40H44F3N7O4. The summed E-state index contributed by atoms with van der Waals surface area (Å²) in [4.78, 5) is 49.1. The third-order valence-electron chi connectivity index (χ3n) is 11.1. The van der Waals surface area contributed by atoms with E-state index in [4.69, 9.17) is 10.00 Å². The van der Waals surface area contributed by atoms with Crippen LogP contribution in [0.2, 0.25) is 0 Å². The van der Waals surface area contributed by atoms with Crippen LogP contribution in [0.15, 0.2) is 54.7 Å². The van der Waals surface area contributed by atoms with E-state index in [1.165, 1.54) is 17.8 Å². The highest BCUT2D eigenvalue weighted by Crippen LogP contribution is 2.36. The number of carbonyl (C=O) groups excluding carboxylic acids is 3. The lowest BCUT2D eigenvalue weighted by atomic mass is 9.89. The molecule has 1 atom stereocenters. The highest BCUT2D eigenvalue weighted by molar-refractivity contribution is 6.05. The molecule has 4 aliphatic rings. The molecule has 1 aromatic heterocycles. The number of hydrogen-bond donors (Lipinski definition) is 1. The first-order valence-corrected chi connectivity index (χ1v) is 18.8. The van der Waals surface area contributed by atoms with E-state index in [9.17, 15) is 27.6 Å². The van der Waals surface area contributed by atoms with Gasteiger partial charge in [-0.25, -0.2) is 4.98 Å². The van der Waals surface area contributed by atoms with Gasteiger partial charge in [0.25, 0.3) is 5.91 Å². The number of anilines is 2. The van der Waals surface area contributed by atoms with Crippen molar-refractivity contribution in [2.24, 2.45) is 0 Å². The quantitative estimate of drug-likeness (QED) is 0.201. The van der Waals surface area contributed by atoms with Crippen LogP contribution >= 0.6 is 0 Å². The molecule has 3 fully saturated rings. The van der Waals surface area contributed by atoms with Gasteiger partial charge in [-0.05, 0) is 98.5 Å². The largest absolute Gasteiger partial charge is 0.494 e. The second-order valence-corrected chi connectivity index (χ2v) is 14.5. The average Bonchev–Trinajstić information content (AvgIpc) is 3.51. The van der Waals surface area contributed by atoms with E-state index in [0.29, 0.717) is 49.8 Å². The Morgan fingerprint density at radius 1 is 0.870 bits per heavy atom. The van der Waals surface area contributed by atoms with E-state index in [0.717, 1.165) is 87.9 Å². The number of alkyl halides is 3. The maximum absolute atomic E-state index is 13.4. The van der Waals surface area contributed by atoms with E-state index < -0.39 is 29.4 Å². The predicted octanol–water partition coefficient (Wildman–Crippen LogP) is 5.49. The van der Waals surface area contributed by atoms with Gasteiger partial charge in [0.2, 0.25) is 11.8 Å². The highest BCUT2D eigenvalue weighted by Gasteiger charge is 2.39. The molecule has 284 valence electrons. The number of pyridine rings is 1. The van der Waals surface area contributed by atoms with Crippen molar-refractivity contribution in [1.82, 2.24) is 20.1 Å². The van der Waals surface area contributed by atoms with Crippen LogP contribution in [0.1, 0.15) is 83.6 Å². The van der Waals surface area contributed by atoms with Gasteiger partial charge in [-0.3, -0.25) is 24.6 Å². The second kappa shape index (κ2) is 16.1. The number of imide groups is 1. The molecule has 54 heavy (non-hydrogen) atoms. The van der Waals surface area contributed by atoms with Crippen LogP contribution in [0.25, 0.3) is 0 Å². The van der Waals surface area contributed by atoms with Crippen molar-refractivity contribution < 1.29 is 32.3 Å². The Morgan fingerprint density at radius 3 is 2.31 bits per heavy atom. The Kier molecular flexibility index (Phi) is 11.1. The third-order valence-corrected chi connectivity index (χ3v) is 11.1. The summed E-state index contributed by atoms with van der Waals surface area (Å²) >= 11 is 0. The highest BCUT2D eigenvalue weighted by atomic mass is 19.4. The smallest absolute Gasteiger partial charge is 0.419 e. The molecule has 3 amide bonds. The maximum atomic E-state index is 13.4. The molecule has 3 aromatic rings. The number of fused-ring (bicyclic) bond motifs is 1. The molecule has 3 saturated heterocycles. The number of nitrogens with zero attached hydrogens (tertiary/aromatic N) is 6. The molecule has 2 aromatic carbocycles. The standard InChI is InChI=1S/C40H44F3N7O4/c41-40(42,43)34-23-31(25-45-35(34)24-44)48-15-12-28(13-16-48)27-4-7-32(8-5-27)54-21-3-1-2-14-47-17-19-49(20-18-47)30-6-9-33-29(22-30)26-50(39(33)53)36-10-11-37(51)46-38(36)52/h4-9,22-23,25,28,36H,1-3,10-21,26H2,(H,46,51,52). The molecule has 11 nitrogen and oxygen atoms in total. The number of halogens is 3. The van der Waals surface area contributed by atoms with E-state index in [-0.39, 0.29) is 18.2 Å². The van der Waals surface area contributed by atoms with E-state index >= 15 is 0 Å². The summed E-state index contributed by atoms with van der Waals surface area (Å²) in [6.45, 7) is 7.01. The first-order chi connectivity index (χ1) is 26.1. The number of piperazine rings is 1. The summed E-state index contributed by atoms with van der Waals surface area (Å²) in [5.41, 5.74) is 2.63. The van der Waals surface area contributed by atoms with Crippen molar-refractivity contribution in [1.29, 1.82) is 5.26 Å². The minimum Gasteiger partial charge on any atom is -0.494 e. The molecular weight excluding hydrogens is 699 g/mol. The zero-order valence-corrected chi connectivity index (χ0v) is 30.1. The Balaban J connectivity index is 0.781. The van der Waals surface area contributed by atoms with E-state index in [2.05, 4.69) is 38.3 Å². The zero-order chi connectivity index (χ0) is 37.8. The number of carbonyl (C=O) groups is 3. The SMILES string of the molecule is N#Cc1ncc(N2CCC(c3ccc(OCCCCCN4CCN(c5ccc6c(c5)CN(C5CCC(=O)NC5=O)C6=O)CC4)cc3)CC2)cc1C(F)(F)F. The molecule has 7 rings (SSSR count). The van der Waals surface area contributed by atoms with Gasteiger partial charge in [-0.2, -0.15) is 18.4 Å². The summed E-state index contributed by atoms with van der Waals surface area (Å²) in [6, 6.07) is 16.1. The molecule has 0 spiro atoms.